The van der Waals surface area contributed by atoms with E-state index in [2.05, 4.69) is 20.6 Å². The zero-order valence-electron chi connectivity index (χ0n) is 15.4. The van der Waals surface area contributed by atoms with Crippen LogP contribution in [0.5, 0.6) is 5.75 Å². The fourth-order valence-electron chi connectivity index (χ4n) is 2.42. The van der Waals surface area contributed by atoms with Crippen LogP contribution in [0.4, 0.5) is 36.3 Å². The van der Waals surface area contributed by atoms with Gasteiger partial charge in [0, 0.05) is 11.9 Å². The molecule has 0 saturated carbocycles. The molecule has 0 spiro atoms. The molecular weight excluding hydrogens is 405 g/mol. The molecule has 0 aliphatic heterocycles. The highest BCUT2D eigenvalue weighted by Crippen LogP contribution is 2.36. The summed E-state index contributed by atoms with van der Waals surface area (Å²) < 4.78 is 45.6. The maximum atomic E-state index is 13.4. The monoisotopic (exact) mass is 422 g/mol. The van der Waals surface area contributed by atoms with Crippen LogP contribution in [0.25, 0.3) is 0 Å². The van der Waals surface area contributed by atoms with Crippen LogP contribution < -0.4 is 15.4 Å². The Labute approximate surface area is 170 Å². The van der Waals surface area contributed by atoms with Gasteiger partial charge < -0.3 is 15.4 Å². The summed E-state index contributed by atoms with van der Waals surface area (Å²) in [5.41, 5.74) is -0.0784. The molecule has 3 aromatic rings. The SMILES string of the molecule is CCCOc1ccc(Nc2ncc(C(F)(F)F)c(Nc3ccccc3Cl)n2)cc1. The van der Waals surface area contributed by atoms with Gasteiger partial charge in [-0.3, -0.25) is 0 Å². The highest BCUT2D eigenvalue weighted by atomic mass is 35.5. The van der Waals surface area contributed by atoms with E-state index in [1.807, 2.05) is 6.92 Å². The van der Waals surface area contributed by atoms with E-state index >= 15 is 0 Å². The normalized spacial score (nSPS) is 11.2. The Kier molecular flexibility index (Phi) is 6.43. The lowest BCUT2D eigenvalue weighted by molar-refractivity contribution is -0.137. The Bertz CT molecular complexity index is 965. The minimum absolute atomic E-state index is 0.00906. The van der Waals surface area contributed by atoms with Crippen molar-refractivity contribution in [1.82, 2.24) is 9.97 Å². The Morgan fingerprint density at radius 2 is 1.76 bits per heavy atom. The quantitative estimate of drug-likeness (QED) is 0.459. The molecule has 9 heteroatoms. The number of nitrogens with one attached hydrogen (secondary N) is 2. The van der Waals surface area contributed by atoms with Crippen molar-refractivity contribution in [3.05, 3.63) is 65.3 Å². The summed E-state index contributed by atoms with van der Waals surface area (Å²) in [5, 5.41) is 5.81. The van der Waals surface area contributed by atoms with Crippen molar-refractivity contribution >= 4 is 34.7 Å². The topological polar surface area (TPSA) is 59.1 Å². The van der Waals surface area contributed by atoms with Crippen LogP contribution >= 0.6 is 11.6 Å². The minimum Gasteiger partial charge on any atom is -0.494 e. The molecule has 0 radical (unpaired) electrons. The second-order valence-corrected chi connectivity index (χ2v) is 6.46. The third-order valence-electron chi connectivity index (χ3n) is 3.80. The molecule has 2 aromatic carbocycles. The molecule has 5 nitrogen and oxygen atoms in total. The largest absolute Gasteiger partial charge is 0.494 e. The molecular formula is C20H18ClF3N4O. The van der Waals surface area contributed by atoms with Gasteiger partial charge in [0.1, 0.15) is 17.1 Å². The van der Waals surface area contributed by atoms with Crippen LogP contribution in [0.2, 0.25) is 5.02 Å². The maximum absolute atomic E-state index is 13.4. The second-order valence-electron chi connectivity index (χ2n) is 6.06. The third-order valence-corrected chi connectivity index (χ3v) is 4.13. The van der Waals surface area contributed by atoms with Gasteiger partial charge >= 0.3 is 6.18 Å². The molecule has 2 N–H and O–H groups in total. The van der Waals surface area contributed by atoms with Crippen LogP contribution in [0, 0.1) is 0 Å². The van der Waals surface area contributed by atoms with Crippen LogP contribution in [0.15, 0.2) is 54.7 Å². The predicted octanol–water partition coefficient (Wildman–Crippen LogP) is 6.42. The number of ether oxygens (including phenoxy) is 1. The fraction of sp³-hybridized carbons (Fsp3) is 0.200. The molecule has 0 amide bonds. The predicted molar refractivity (Wildman–Crippen MR) is 107 cm³/mol. The molecule has 0 aliphatic rings. The number of benzene rings is 2. The lowest BCUT2D eigenvalue weighted by atomic mass is 10.2. The number of para-hydroxylation sites is 1. The van der Waals surface area contributed by atoms with E-state index in [-0.39, 0.29) is 11.0 Å². The first kappa shape index (κ1) is 20.7. The highest BCUT2D eigenvalue weighted by molar-refractivity contribution is 6.33. The third kappa shape index (κ3) is 5.51. The lowest BCUT2D eigenvalue weighted by Gasteiger charge is -2.15. The first-order valence-electron chi connectivity index (χ1n) is 8.82. The summed E-state index contributed by atoms with van der Waals surface area (Å²) in [7, 11) is 0. The van der Waals surface area contributed by atoms with Crippen molar-refractivity contribution in [2.24, 2.45) is 0 Å². The summed E-state index contributed by atoms with van der Waals surface area (Å²) in [6.45, 7) is 2.61. The molecule has 3 rings (SSSR count). The first-order valence-corrected chi connectivity index (χ1v) is 9.20. The number of hydrogen-bond donors (Lipinski definition) is 2. The van der Waals surface area contributed by atoms with Gasteiger partial charge in [-0.15, -0.1) is 0 Å². The number of alkyl halides is 3. The van der Waals surface area contributed by atoms with Gasteiger partial charge in [0.2, 0.25) is 5.95 Å². The average Bonchev–Trinajstić information content (AvgIpc) is 2.68. The van der Waals surface area contributed by atoms with Crippen molar-refractivity contribution in [2.45, 2.75) is 19.5 Å². The average molecular weight is 423 g/mol. The van der Waals surface area contributed by atoms with Gasteiger partial charge in [-0.2, -0.15) is 18.2 Å². The van der Waals surface area contributed by atoms with Crippen LogP contribution in [0.1, 0.15) is 18.9 Å². The molecule has 0 bridgehead atoms. The Morgan fingerprint density at radius 3 is 2.41 bits per heavy atom. The number of halogens is 4. The second kappa shape index (κ2) is 9.00. The van der Waals surface area contributed by atoms with Crippen molar-refractivity contribution in [1.29, 1.82) is 0 Å². The molecule has 0 unspecified atom stereocenters. The molecule has 152 valence electrons. The van der Waals surface area contributed by atoms with Gasteiger partial charge in [0.15, 0.2) is 0 Å². The molecule has 0 fully saturated rings. The van der Waals surface area contributed by atoms with E-state index in [1.165, 1.54) is 0 Å². The van der Waals surface area contributed by atoms with Gasteiger partial charge in [0.05, 0.1) is 17.3 Å². The molecule has 29 heavy (non-hydrogen) atoms. The molecule has 0 saturated heterocycles. The summed E-state index contributed by atoms with van der Waals surface area (Å²) in [6.07, 6.45) is -3.01. The van der Waals surface area contributed by atoms with E-state index in [0.29, 0.717) is 23.7 Å². The summed E-state index contributed by atoms with van der Waals surface area (Å²) in [6, 6.07) is 13.4. The number of aromatic nitrogens is 2. The molecule has 0 aliphatic carbocycles. The van der Waals surface area contributed by atoms with Gasteiger partial charge in [0.25, 0.3) is 0 Å². The highest BCUT2D eigenvalue weighted by Gasteiger charge is 2.35. The number of rotatable bonds is 7. The summed E-state index contributed by atoms with van der Waals surface area (Å²) in [5.74, 6) is 0.313. The van der Waals surface area contributed by atoms with E-state index in [9.17, 15) is 13.2 Å². The zero-order valence-corrected chi connectivity index (χ0v) is 16.2. The Hall–Kier alpha value is -3.00. The fourth-order valence-corrected chi connectivity index (χ4v) is 2.60. The van der Waals surface area contributed by atoms with Crippen molar-refractivity contribution in [3.63, 3.8) is 0 Å². The number of anilines is 4. The Balaban J connectivity index is 1.86. The number of hydrogen-bond acceptors (Lipinski definition) is 5. The van der Waals surface area contributed by atoms with Crippen LogP contribution in [0.3, 0.4) is 0 Å². The summed E-state index contributed by atoms with van der Waals surface area (Å²) in [4.78, 5) is 7.79. The first-order chi connectivity index (χ1) is 13.9. The maximum Gasteiger partial charge on any atom is 0.421 e. The van der Waals surface area contributed by atoms with Crippen molar-refractivity contribution in [3.8, 4) is 5.75 Å². The molecule has 0 atom stereocenters. The van der Waals surface area contributed by atoms with Gasteiger partial charge in [-0.25, -0.2) is 4.98 Å². The Morgan fingerprint density at radius 1 is 1.03 bits per heavy atom. The molecule has 1 heterocycles. The van der Waals surface area contributed by atoms with Gasteiger partial charge in [-0.05, 0) is 42.8 Å². The van der Waals surface area contributed by atoms with Gasteiger partial charge in [-0.1, -0.05) is 30.7 Å². The van der Waals surface area contributed by atoms with Crippen LogP contribution in [-0.4, -0.2) is 16.6 Å². The van der Waals surface area contributed by atoms with Crippen molar-refractivity contribution in [2.75, 3.05) is 17.2 Å². The standard InChI is InChI=1S/C20H18ClF3N4O/c1-2-11-29-14-9-7-13(8-10-14)26-19-25-12-15(20(22,23)24)18(28-19)27-17-6-4-3-5-16(17)21/h3-10,12H,2,11H2,1H3,(H2,25,26,27,28). The van der Waals surface area contributed by atoms with E-state index in [0.717, 1.165) is 12.6 Å². The van der Waals surface area contributed by atoms with Crippen molar-refractivity contribution < 1.29 is 17.9 Å². The van der Waals surface area contributed by atoms with E-state index < -0.39 is 17.6 Å². The number of nitrogens with zero attached hydrogens (tertiary/aromatic N) is 2. The zero-order chi connectivity index (χ0) is 20.9. The van der Waals surface area contributed by atoms with Crippen LogP contribution in [-0.2, 0) is 6.18 Å². The smallest absolute Gasteiger partial charge is 0.421 e. The van der Waals surface area contributed by atoms with E-state index in [4.69, 9.17) is 16.3 Å². The summed E-state index contributed by atoms with van der Waals surface area (Å²) >= 11 is 6.05. The lowest BCUT2D eigenvalue weighted by Crippen LogP contribution is -2.12. The van der Waals surface area contributed by atoms with E-state index in [1.54, 1.807) is 48.5 Å². The molecule has 1 aromatic heterocycles. The minimum atomic E-state index is -4.62.